The fourth-order valence-electron chi connectivity index (χ4n) is 1.63. The van der Waals surface area contributed by atoms with Gasteiger partial charge in [0.05, 0.1) is 6.33 Å². The molecule has 0 spiro atoms. The molecular weight excluding hydrogens is 271 g/mol. The van der Waals surface area contributed by atoms with Gasteiger partial charge in [-0.15, -0.1) is 0 Å². The number of benzene rings is 1. The lowest BCUT2D eigenvalue weighted by Crippen LogP contribution is -2.40. The third kappa shape index (κ3) is 6.40. The summed E-state index contributed by atoms with van der Waals surface area (Å²) in [6.07, 6.45) is 0.987. The fourth-order valence-corrected chi connectivity index (χ4v) is 1.63. The quantitative estimate of drug-likeness (QED) is 0.848. The van der Waals surface area contributed by atoms with Gasteiger partial charge in [0.15, 0.2) is 0 Å². The number of hydrogen-bond acceptors (Lipinski definition) is 3. The number of hydrogen-bond donors (Lipinski definition) is 2. The van der Waals surface area contributed by atoms with E-state index in [4.69, 9.17) is 10.5 Å². The van der Waals surface area contributed by atoms with Crippen molar-refractivity contribution >= 4 is 5.91 Å². The lowest BCUT2D eigenvalue weighted by atomic mass is 10.1. The lowest BCUT2D eigenvalue weighted by Gasteiger charge is -2.20. The Labute approximate surface area is 125 Å². The molecule has 0 aliphatic heterocycles. The van der Waals surface area contributed by atoms with Gasteiger partial charge >= 0.3 is 0 Å². The van der Waals surface area contributed by atoms with Gasteiger partial charge in [0.2, 0.25) is 0 Å². The summed E-state index contributed by atoms with van der Waals surface area (Å²) in [5.41, 5.74) is 6.15. The Morgan fingerprint density at radius 3 is 2.43 bits per heavy atom. The number of amides is 1. The summed E-state index contributed by atoms with van der Waals surface area (Å²) in [6.45, 7) is 6.30. The third-order valence-electron chi connectivity index (χ3n) is 2.65. The van der Waals surface area contributed by atoms with Crippen LogP contribution >= 0.6 is 0 Å². The van der Waals surface area contributed by atoms with E-state index in [1.165, 1.54) is 0 Å². The van der Waals surface area contributed by atoms with Gasteiger partial charge in [-0.25, -0.2) is 4.39 Å². The molecule has 21 heavy (non-hydrogen) atoms. The standard InChI is InChI=1S/C16H23FN2O2/c1-16(2,3)19-15(20)13-4-6-14(7-5-13)21-11-12(10-17)8-9-18/h4-7,10H,8-9,11,18H2,1-3H3,(H,19,20)/b12-10-. The van der Waals surface area contributed by atoms with Crippen LogP contribution in [-0.2, 0) is 0 Å². The van der Waals surface area contributed by atoms with E-state index in [2.05, 4.69) is 5.32 Å². The second-order valence-electron chi connectivity index (χ2n) is 5.82. The molecule has 1 amide bonds. The highest BCUT2D eigenvalue weighted by Crippen LogP contribution is 2.14. The minimum atomic E-state index is -0.282. The Morgan fingerprint density at radius 2 is 1.95 bits per heavy atom. The fraction of sp³-hybridized carbons (Fsp3) is 0.438. The van der Waals surface area contributed by atoms with Gasteiger partial charge < -0.3 is 15.8 Å². The zero-order valence-electron chi connectivity index (χ0n) is 12.8. The number of rotatable bonds is 6. The normalized spacial score (nSPS) is 12.1. The van der Waals surface area contributed by atoms with Crippen LogP contribution in [0, 0.1) is 0 Å². The minimum Gasteiger partial charge on any atom is -0.489 e. The number of nitrogens with two attached hydrogens (primary N) is 1. The number of carbonyl (C=O) groups is 1. The van der Waals surface area contributed by atoms with Gasteiger partial charge in [0, 0.05) is 11.1 Å². The second kappa shape index (κ2) is 7.78. The molecule has 0 aromatic heterocycles. The summed E-state index contributed by atoms with van der Waals surface area (Å²) in [7, 11) is 0. The average molecular weight is 294 g/mol. The summed E-state index contributed by atoms with van der Waals surface area (Å²) in [5, 5.41) is 2.88. The van der Waals surface area contributed by atoms with Crippen LogP contribution in [-0.4, -0.2) is 24.6 Å². The monoisotopic (exact) mass is 294 g/mol. The molecular formula is C16H23FN2O2. The highest BCUT2D eigenvalue weighted by Gasteiger charge is 2.15. The van der Waals surface area contributed by atoms with Crippen LogP contribution in [0.3, 0.4) is 0 Å². The van der Waals surface area contributed by atoms with Gasteiger partial charge in [-0.3, -0.25) is 4.79 Å². The predicted molar refractivity (Wildman–Crippen MR) is 82.0 cm³/mol. The van der Waals surface area contributed by atoms with Crippen molar-refractivity contribution in [3.8, 4) is 5.75 Å². The van der Waals surface area contributed by atoms with Crippen molar-refractivity contribution in [3.63, 3.8) is 0 Å². The average Bonchev–Trinajstić information content (AvgIpc) is 2.42. The van der Waals surface area contributed by atoms with E-state index in [9.17, 15) is 9.18 Å². The van der Waals surface area contributed by atoms with E-state index in [0.717, 1.165) is 0 Å². The van der Waals surface area contributed by atoms with E-state index in [1.807, 2.05) is 20.8 Å². The maximum absolute atomic E-state index is 12.5. The first-order valence-electron chi connectivity index (χ1n) is 6.89. The van der Waals surface area contributed by atoms with E-state index in [0.29, 0.717) is 36.2 Å². The van der Waals surface area contributed by atoms with Gasteiger partial charge in [-0.1, -0.05) is 0 Å². The first kappa shape index (κ1) is 17.2. The molecule has 1 aromatic carbocycles. The van der Waals surface area contributed by atoms with Crippen LogP contribution < -0.4 is 15.8 Å². The molecule has 3 N–H and O–H groups in total. The Hall–Kier alpha value is -1.88. The molecule has 0 heterocycles. The molecule has 0 aliphatic carbocycles. The van der Waals surface area contributed by atoms with Crippen molar-refractivity contribution in [2.24, 2.45) is 5.73 Å². The van der Waals surface area contributed by atoms with Crippen molar-refractivity contribution in [2.75, 3.05) is 13.2 Å². The van der Waals surface area contributed by atoms with Crippen molar-refractivity contribution in [1.29, 1.82) is 0 Å². The molecule has 0 aliphatic rings. The zero-order valence-corrected chi connectivity index (χ0v) is 12.8. The maximum Gasteiger partial charge on any atom is 0.251 e. The van der Waals surface area contributed by atoms with Crippen molar-refractivity contribution in [1.82, 2.24) is 5.32 Å². The van der Waals surface area contributed by atoms with E-state index < -0.39 is 0 Å². The zero-order chi connectivity index (χ0) is 15.9. The van der Waals surface area contributed by atoms with Gasteiger partial charge in [-0.05, 0) is 63.6 Å². The molecule has 0 bridgehead atoms. The smallest absolute Gasteiger partial charge is 0.251 e. The number of ether oxygens (including phenoxy) is 1. The van der Waals surface area contributed by atoms with Crippen LogP contribution in [0.25, 0.3) is 0 Å². The van der Waals surface area contributed by atoms with Crippen LogP contribution in [0.5, 0.6) is 5.75 Å². The van der Waals surface area contributed by atoms with Crippen LogP contribution in [0.15, 0.2) is 36.2 Å². The predicted octanol–water partition coefficient (Wildman–Crippen LogP) is 2.80. The van der Waals surface area contributed by atoms with Gasteiger partial charge in [-0.2, -0.15) is 0 Å². The molecule has 116 valence electrons. The largest absolute Gasteiger partial charge is 0.489 e. The van der Waals surface area contributed by atoms with Crippen LogP contribution in [0.2, 0.25) is 0 Å². The first-order valence-corrected chi connectivity index (χ1v) is 6.89. The Morgan fingerprint density at radius 1 is 1.33 bits per heavy atom. The molecule has 0 saturated heterocycles. The highest BCUT2D eigenvalue weighted by atomic mass is 19.1. The number of carbonyl (C=O) groups excluding carboxylic acids is 1. The van der Waals surface area contributed by atoms with Crippen molar-refractivity contribution < 1.29 is 13.9 Å². The molecule has 0 fully saturated rings. The Bertz CT molecular complexity index is 490. The molecule has 5 heteroatoms. The molecule has 0 unspecified atom stereocenters. The maximum atomic E-state index is 12.5. The molecule has 4 nitrogen and oxygen atoms in total. The summed E-state index contributed by atoms with van der Waals surface area (Å²) in [5.74, 6) is 0.445. The van der Waals surface area contributed by atoms with E-state index >= 15 is 0 Å². The second-order valence-corrected chi connectivity index (χ2v) is 5.82. The summed E-state index contributed by atoms with van der Waals surface area (Å²) < 4.78 is 18.0. The van der Waals surface area contributed by atoms with Gasteiger partial charge in [0.25, 0.3) is 5.91 Å². The lowest BCUT2D eigenvalue weighted by molar-refractivity contribution is 0.0919. The number of nitrogens with one attached hydrogen (secondary N) is 1. The van der Waals surface area contributed by atoms with Crippen LogP contribution in [0.4, 0.5) is 4.39 Å². The number of halogens is 1. The third-order valence-corrected chi connectivity index (χ3v) is 2.65. The van der Waals surface area contributed by atoms with E-state index in [1.54, 1.807) is 24.3 Å². The highest BCUT2D eigenvalue weighted by molar-refractivity contribution is 5.94. The molecule has 1 aromatic rings. The molecule has 0 atom stereocenters. The summed E-state index contributed by atoms with van der Waals surface area (Å²) in [4.78, 5) is 11.9. The first-order chi connectivity index (χ1) is 9.85. The summed E-state index contributed by atoms with van der Waals surface area (Å²) >= 11 is 0. The minimum absolute atomic E-state index is 0.137. The van der Waals surface area contributed by atoms with Gasteiger partial charge in [0.1, 0.15) is 12.4 Å². The van der Waals surface area contributed by atoms with Crippen molar-refractivity contribution in [3.05, 3.63) is 41.7 Å². The molecule has 0 radical (unpaired) electrons. The molecule has 0 saturated carbocycles. The topological polar surface area (TPSA) is 64.3 Å². The molecule has 1 rings (SSSR count). The SMILES string of the molecule is CC(C)(C)NC(=O)c1ccc(OC/C(=C\F)CCN)cc1. The van der Waals surface area contributed by atoms with Crippen LogP contribution in [0.1, 0.15) is 37.6 Å². The van der Waals surface area contributed by atoms with Crippen molar-refractivity contribution in [2.45, 2.75) is 32.7 Å². The van der Waals surface area contributed by atoms with E-state index in [-0.39, 0.29) is 18.1 Å². The Balaban J connectivity index is 2.60. The Kier molecular flexibility index (Phi) is 6.37. The summed E-state index contributed by atoms with van der Waals surface area (Å²) in [6, 6.07) is 6.74.